The molecule has 3 heterocycles. The van der Waals surface area contributed by atoms with Gasteiger partial charge in [-0.15, -0.1) is 0 Å². The molecule has 1 fully saturated rings. The lowest BCUT2D eigenvalue weighted by Crippen LogP contribution is -2.50. The summed E-state index contributed by atoms with van der Waals surface area (Å²) < 4.78 is 7.51. The Balaban J connectivity index is 1.67. The van der Waals surface area contributed by atoms with Crippen molar-refractivity contribution >= 4 is 52.4 Å². The number of aliphatic hydroxyl groups excluding tert-OH is 1. The van der Waals surface area contributed by atoms with Crippen LogP contribution in [0.3, 0.4) is 0 Å². The van der Waals surface area contributed by atoms with Gasteiger partial charge in [0.15, 0.2) is 5.65 Å². The van der Waals surface area contributed by atoms with E-state index in [2.05, 4.69) is 31.0 Å². The zero-order valence-corrected chi connectivity index (χ0v) is 18.0. The number of rotatable bonds is 7. The van der Waals surface area contributed by atoms with Crippen LogP contribution < -0.4 is 20.7 Å². The highest BCUT2D eigenvalue weighted by atomic mass is 16.5. The van der Waals surface area contributed by atoms with Crippen LogP contribution in [0.15, 0.2) is 30.6 Å². The lowest BCUT2D eigenvalue weighted by molar-refractivity contribution is 0.0448. The van der Waals surface area contributed by atoms with Crippen molar-refractivity contribution < 1.29 is 14.6 Å². The van der Waals surface area contributed by atoms with Gasteiger partial charge in [0, 0.05) is 24.6 Å². The van der Waals surface area contributed by atoms with E-state index in [1.54, 1.807) is 29.9 Å². The van der Waals surface area contributed by atoms with Gasteiger partial charge >= 0.3 is 0 Å². The van der Waals surface area contributed by atoms with E-state index in [4.69, 9.17) is 4.74 Å². The van der Waals surface area contributed by atoms with Crippen molar-refractivity contribution in [3.63, 3.8) is 0 Å². The minimum Gasteiger partial charge on any atom is -0.497 e. The Labute approximate surface area is 182 Å². The smallest absolute Gasteiger partial charge is 0.257 e. The number of aliphatic hydroxyl groups is 1. The van der Waals surface area contributed by atoms with Crippen LogP contribution in [0.2, 0.25) is 0 Å². The fourth-order valence-corrected chi connectivity index (χ4v) is 3.26. The van der Waals surface area contributed by atoms with E-state index in [0.717, 1.165) is 6.42 Å². The van der Waals surface area contributed by atoms with E-state index in [0.29, 0.717) is 40.8 Å². The van der Waals surface area contributed by atoms with Gasteiger partial charge in [-0.3, -0.25) is 4.79 Å². The number of ether oxygens (including phenoxy) is 1. The Kier molecular flexibility index (Phi) is 5.53. The number of aromatic nitrogens is 4. The number of anilines is 3. The first kappa shape index (κ1) is 21.0. The van der Waals surface area contributed by atoms with E-state index in [-0.39, 0.29) is 11.9 Å². The molecule has 0 radical (unpaired) electrons. The third kappa shape index (κ3) is 4.46. The van der Waals surface area contributed by atoms with Crippen LogP contribution in [0.25, 0.3) is 5.65 Å². The van der Waals surface area contributed by atoms with Gasteiger partial charge in [0.05, 0.1) is 18.3 Å². The molecule has 10 nitrogen and oxygen atoms in total. The van der Waals surface area contributed by atoms with Crippen molar-refractivity contribution in [2.24, 2.45) is 0 Å². The number of nitrogens with one attached hydrogen (secondary N) is 3. The Hall–Kier alpha value is -3.21. The van der Waals surface area contributed by atoms with Crippen LogP contribution in [-0.4, -0.2) is 78.6 Å². The van der Waals surface area contributed by atoms with Gasteiger partial charge in [-0.2, -0.15) is 9.61 Å². The fourth-order valence-electron chi connectivity index (χ4n) is 3.26. The maximum atomic E-state index is 12.8. The van der Waals surface area contributed by atoms with Crippen molar-refractivity contribution in [2.45, 2.75) is 30.3 Å². The van der Waals surface area contributed by atoms with Crippen LogP contribution in [0, 0.1) is 0 Å². The highest BCUT2D eigenvalue weighted by Crippen LogP contribution is 2.28. The minimum absolute atomic E-state index is 0.236. The number of pyridine rings is 1. The summed E-state index contributed by atoms with van der Waals surface area (Å²) in [5.41, 5.74) is 1.37. The molecule has 0 bridgehead atoms. The Morgan fingerprint density at radius 3 is 2.81 bits per heavy atom. The molecule has 1 aliphatic rings. The van der Waals surface area contributed by atoms with Gasteiger partial charge in [-0.05, 0) is 25.0 Å². The number of carbonyl (C=O) groups is 1. The molecule has 4 N–H and O–H groups in total. The summed E-state index contributed by atoms with van der Waals surface area (Å²) in [7, 11) is 7.62. The molecule has 0 aliphatic heterocycles. The Bertz CT molecular complexity index is 1120. The first-order valence-corrected chi connectivity index (χ1v) is 10.2. The monoisotopic (exact) mass is 419 g/mol. The normalized spacial score (nSPS) is 18.3. The third-order valence-corrected chi connectivity index (χ3v) is 4.96. The third-order valence-electron chi connectivity index (χ3n) is 4.96. The predicted molar refractivity (Wildman–Crippen MR) is 126 cm³/mol. The number of fused-ring (bicyclic) bond motifs is 1. The van der Waals surface area contributed by atoms with E-state index in [9.17, 15) is 9.90 Å². The molecular weight excluding hydrogens is 395 g/mol. The van der Waals surface area contributed by atoms with Crippen LogP contribution in [0.4, 0.5) is 17.3 Å². The second-order valence-electron chi connectivity index (χ2n) is 8.49. The summed E-state index contributed by atoms with van der Waals surface area (Å²) in [6.45, 7) is 0. The second-order valence-corrected chi connectivity index (χ2v) is 8.49. The molecule has 158 valence electrons. The van der Waals surface area contributed by atoms with Crippen molar-refractivity contribution in [1.82, 2.24) is 24.9 Å². The van der Waals surface area contributed by atoms with Crippen molar-refractivity contribution in [2.75, 3.05) is 17.7 Å². The number of hydrogen-bond acceptors (Lipinski definition) is 8. The Morgan fingerprint density at radius 1 is 1.35 bits per heavy atom. The van der Waals surface area contributed by atoms with Crippen LogP contribution >= 0.6 is 0 Å². The van der Waals surface area contributed by atoms with Crippen molar-refractivity contribution in [1.29, 1.82) is 0 Å². The summed E-state index contributed by atoms with van der Waals surface area (Å²) in [5, 5.41) is 22.8. The van der Waals surface area contributed by atoms with Gasteiger partial charge in [-0.1, -0.05) is 0 Å². The van der Waals surface area contributed by atoms with Crippen molar-refractivity contribution in [3.05, 3.63) is 36.2 Å². The van der Waals surface area contributed by atoms with Gasteiger partial charge in [-0.25, -0.2) is 9.97 Å². The van der Waals surface area contributed by atoms with Crippen LogP contribution in [0.1, 0.15) is 23.2 Å². The topological polar surface area (TPSA) is 126 Å². The average molecular weight is 419 g/mol. The molecule has 0 saturated heterocycles. The maximum Gasteiger partial charge on any atom is 0.257 e. The van der Waals surface area contributed by atoms with Gasteiger partial charge < -0.3 is 25.8 Å². The lowest BCUT2D eigenvalue weighted by Gasteiger charge is -2.32. The van der Waals surface area contributed by atoms with E-state index in [1.807, 2.05) is 29.6 Å². The summed E-state index contributed by atoms with van der Waals surface area (Å²) in [6, 6.07) is 5.20. The largest absolute Gasteiger partial charge is 0.497 e. The lowest BCUT2D eigenvalue weighted by atomic mass is 9.52. The van der Waals surface area contributed by atoms with Gasteiger partial charge in [0.1, 0.15) is 46.4 Å². The molecule has 0 spiro atoms. The molecule has 1 amide bonds. The molecule has 1 saturated carbocycles. The zero-order valence-electron chi connectivity index (χ0n) is 18.0. The second kappa shape index (κ2) is 8.14. The molecule has 31 heavy (non-hydrogen) atoms. The molecule has 0 aromatic carbocycles. The fraction of sp³-hybridized carbons (Fsp3) is 0.333. The van der Waals surface area contributed by atoms with Crippen molar-refractivity contribution in [3.8, 4) is 5.88 Å². The summed E-state index contributed by atoms with van der Waals surface area (Å²) in [6.07, 6.45) is 4.09. The number of nitrogens with zero attached hydrogens (tertiary/aromatic N) is 4. The molecule has 3 aromatic heterocycles. The highest BCUT2D eigenvalue weighted by molar-refractivity contribution is 6.58. The standard InChI is InChI=1S/C18H24B3N7O3/c1-22-14-7-13(25-11-3-2-6-23-17(11)31-18(19,20)21)27-15-9(8-24-28(14)15)16(30)26-10-4-5-12(10)29/h2-3,6-8,10,12,22,29H,4-5,19-21H2,1H3,(H,25,27)(H,26,30)/t10-,12+/m1/s1. The number of hydrogen-bond donors (Lipinski definition) is 4. The Morgan fingerprint density at radius 2 is 2.16 bits per heavy atom. The molecule has 4 rings (SSSR count). The van der Waals surface area contributed by atoms with Crippen LogP contribution in [-0.2, 0) is 0 Å². The highest BCUT2D eigenvalue weighted by Gasteiger charge is 2.31. The maximum absolute atomic E-state index is 12.8. The molecular formula is C18H24B3N7O3. The first-order valence-electron chi connectivity index (χ1n) is 10.2. The molecule has 0 unspecified atom stereocenters. The van der Waals surface area contributed by atoms with E-state index < -0.39 is 11.4 Å². The average Bonchev–Trinajstić information content (AvgIpc) is 3.14. The van der Waals surface area contributed by atoms with E-state index >= 15 is 0 Å². The van der Waals surface area contributed by atoms with E-state index in [1.165, 1.54) is 6.20 Å². The minimum atomic E-state index is -0.504. The van der Waals surface area contributed by atoms with Gasteiger partial charge in [0.2, 0.25) is 5.88 Å². The van der Waals surface area contributed by atoms with Crippen LogP contribution in [0.5, 0.6) is 5.88 Å². The molecule has 13 heteroatoms. The summed E-state index contributed by atoms with van der Waals surface area (Å²) >= 11 is 0. The summed E-state index contributed by atoms with van der Waals surface area (Å²) in [4.78, 5) is 21.7. The number of amides is 1. The predicted octanol–water partition coefficient (Wildman–Crippen LogP) is -1.95. The van der Waals surface area contributed by atoms with Gasteiger partial charge in [0.25, 0.3) is 5.91 Å². The summed E-state index contributed by atoms with van der Waals surface area (Å²) in [5.74, 6) is 1.29. The molecule has 3 aromatic rings. The molecule has 1 aliphatic carbocycles. The quantitative estimate of drug-likeness (QED) is 0.326. The molecule has 2 atom stereocenters. The SMILES string of the molecule is BC(B)(B)Oc1ncccc1Nc1cc(NC)n2ncc(C(=O)N[C@@H]3CC[C@@H]3O)c2n1. The number of carbonyl (C=O) groups excluding carboxylic acids is 1. The zero-order chi connectivity index (χ0) is 22.2. The first-order chi connectivity index (χ1) is 14.7.